The lowest BCUT2D eigenvalue weighted by atomic mass is 9.95. The largest absolute Gasteiger partial charge is 0.380 e. The van der Waals surface area contributed by atoms with E-state index in [-0.39, 0.29) is 12.0 Å². The SMILES string of the molecule is Cc1cc(C)c(NC2CCCCCC2C#N)c(Br)c1. The lowest BCUT2D eigenvalue weighted by Gasteiger charge is -2.24. The second-order valence-corrected chi connectivity index (χ2v) is 6.42. The van der Waals surface area contributed by atoms with E-state index in [2.05, 4.69) is 53.3 Å². The van der Waals surface area contributed by atoms with Gasteiger partial charge in [-0.15, -0.1) is 0 Å². The van der Waals surface area contributed by atoms with Crippen LogP contribution in [-0.4, -0.2) is 6.04 Å². The molecule has 2 rings (SSSR count). The molecule has 1 aliphatic carbocycles. The Balaban J connectivity index is 2.22. The summed E-state index contributed by atoms with van der Waals surface area (Å²) in [5.41, 5.74) is 3.65. The molecule has 3 heteroatoms. The first-order chi connectivity index (χ1) is 9.11. The molecule has 2 atom stereocenters. The predicted octanol–water partition coefficient (Wildman–Crippen LogP) is 4.95. The van der Waals surface area contributed by atoms with Crippen molar-refractivity contribution in [2.24, 2.45) is 5.92 Å². The Morgan fingerprint density at radius 2 is 1.95 bits per heavy atom. The van der Waals surface area contributed by atoms with Crippen LogP contribution in [0.25, 0.3) is 0 Å². The van der Waals surface area contributed by atoms with E-state index >= 15 is 0 Å². The molecule has 0 heterocycles. The third kappa shape index (κ3) is 3.51. The highest BCUT2D eigenvalue weighted by atomic mass is 79.9. The highest BCUT2D eigenvalue weighted by Crippen LogP contribution is 2.32. The van der Waals surface area contributed by atoms with Gasteiger partial charge in [0.25, 0.3) is 0 Å². The molecule has 1 aromatic carbocycles. The zero-order valence-corrected chi connectivity index (χ0v) is 13.3. The van der Waals surface area contributed by atoms with Crippen molar-refractivity contribution in [3.63, 3.8) is 0 Å². The molecule has 0 bridgehead atoms. The molecule has 102 valence electrons. The third-order valence-corrected chi connectivity index (χ3v) is 4.57. The van der Waals surface area contributed by atoms with E-state index in [0.717, 1.165) is 23.0 Å². The molecule has 1 aliphatic rings. The molecule has 0 aliphatic heterocycles. The highest BCUT2D eigenvalue weighted by molar-refractivity contribution is 9.10. The van der Waals surface area contributed by atoms with Crippen LogP contribution in [0.3, 0.4) is 0 Å². The topological polar surface area (TPSA) is 35.8 Å². The first-order valence-corrected chi connectivity index (χ1v) is 7.84. The Kier molecular flexibility index (Phi) is 4.87. The van der Waals surface area contributed by atoms with E-state index in [1.54, 1.807) is 0 Å². The van der Waals surface area contributed by atoms with Gasteiger partial charge in [0.2, 0.25) is 0 Å². The standard InChI is InChI=1S/C16H21BrN2/c1-11-8-12(2)16(14(17)9-11)19-15-7-5-3-4-6-13(15)10-18/h8-9,13,15,19H,3-7H2,1-2H3. The van der Waals surface area contributed by atoms with E-state index < -0.39 is 0 Å². The summed E-state index contributed by atoms with van der Waals surface area (Å²) in [7, 11) is 0. The Hall–Kier alpha value is -1.01. The fraction of sp³-hybridized carbons (Fsp3) is 0.562. The fourth-order valence-corrected chi connectivity index (χ4v) is 3.71. The minimum absolute atomic E-state index is 0.134. The second kappa shape index (κ2) is 6.43. The van der Waals surface area contributed by atoms with Crippen molar-refractivity contribution in [1.29, 1.82) is 5.26 Å². The van der Waals surface area contributed by atoms with Gasteiger partial charge in [-0.1, -0.05) is 25.3 Å². The van der Waals surface area contributed by atoms with Crippen molar-refractivity contribution in [2.75, 3.05) is 5.32 Å². The smallest absolute Gasteiger partial charge is 0.0677 e. The number of nitrogens with one attached hydrogen (secondary N) is 1. The fourth-order valence-electron chi connectivity index (χ4n) is 2.92. The first-order valence-electron chi connectivity index (χ1n) is 7.04. The van der Waals surface area contributed by atoms with Gasteiger partial charge in [-0.25, -0.2) is 0 Å². The summed E-state index contributed by atoms with van der Waals surface area (Å²) >= 11 is 3.64. The van der Waals surface area contributed by atoms with Crippen LogP contribution in [0.15, 0.2) is 16.6 Å². The van der Waals surface area contributed by atoms with Gasteiger partial charge in [0.05, 0.1) is 17.7 Å². The molecule has 0 spiro atoms. The third-order valence-electron chi connectivity index (χ3n) is 3.94. The molecular weight excluding hydrogens is 300 g/mol. The molecule has 1 N–H and O–H groups in total. The Bertz CT molecular complexity index is 467. The maximum absolute atomic E-state index is 9.35. The van der Waals surface area contributed by atoms with Gasteiger partial charge < -0.3 is 5.32 Å². The summed E-state index contributed by atoms with van der Waals surface area (Å²) in [6, 6.07) is 7.09. The van der Waals surface area contributed by atoms with E-state index in [9.17, 15) is 5.26 Å². The van der Waals surface area contributed by atoms with Crippen LogP contribution in [0.5, 0.6) is 0 Å². The van der Waals surface area contributed by atoms with Crippen molar-refractivity contribution >= 4 is 21.6 Å². The minimum Gasteiger partial charge on any atom is -0.380 e. The molecular formula is C16H21BrN2. The van der Waals surface area contributed by atoms with Crippen LogP contribution in [0.2, 0.25) is 0 Å². The Morgan fingerprint density at radius 3 is 2.63 bits per heavy atom. The first kappa shape index (κ1) is 14.4. The molecule has 19 heavy (non-hydrogen) atoms. The second-order valence-electron chi connectivity index (χ2n) is 5.56. The van der Waals surface area contributed by atoms with Crippen LogP contribution in [0, 0.1) is 31.1 Å². The van der Waals surface area contributed by atoms with Crippen LogP contribution < -0.4 is 5.32 Å². The molecule has 0 amide bonds. The highest BCUT2D eigenvalue weighted by Gasteiger charge is 2.24. The summed E-state index contributed by atoms with van der Waals surface area (Å²) in [4.78, 5) is 0. The van der Waals surface area contributed by atoms with Gasteiger partial charge in [-0.2, -0.15) is 5.26 Å². The zero-order valence-electron chi connectivity index (χ0n) is 11.7. The molecule has 2 nitrogen and oxygen atoms in total. The van der Waals surface area contributed by atoms with Crippen LogP contribution in [0.4, 0.5) is 5.69 Å². The summed E-state index contributed by atoms with van der Waals surface area (Å²) in [6.07, 6.45) is 5.78. The van der Waals surface area contributed by atoms with Gasteiger partial charge >= 0.3 is 0 Å². The number of rotatable bonds is 2. The van der Waals surface area contributed by atoms with Gasteiger partial charge in [0.1, 0.15) is 0 Å². The number of nitrogens with zero attached hydrogens (tertiary/aromatic N) is 1. The lowest BCUT2D eigenvalue weighted by molar-refractivity contribution is 0.514. The number of halogens is 1. The van der Waals surface area contributed by atoms with Crippen molar-refractivity contribution in [1.82, 2.24) is 0 Å². The minimum atomic E-state index is 0.134. The molecule has 1 saturated carbocycles. The number of benzene rings is 1. The number of nitriles is 1. The van der Waals surface area contributed by atoms with Crippen LogP contribution in [-0.2, 0) is 0 Å². The summed E-state index contributed by atoms with van der Waals surface area (Å²) < 4.78 is 1.10. The Morgan fingerprint density at radius 1 is 1.21 bits per heavy atom. The maximum atomic E-state index is 9.35. The van der Waals surface area contributed by atoms with E-state index in [1.165, 1.54) is 30.4 Å². The number of anilines is 1. The van der Waals surface area contributed by atoms with Crippen molar-refractivity contribution in [2.45, 2.75) is 52.0 Å². The van der Waals surface area contributed by atoms with Gasteiger partial charge in [-0.05, 0) is 59.8 Å². The maximum Gasteiger partial charge on any atom is 0.0677 e. The van der Waals surface area contributed by atoms with E-state index in [0.29, 0.717) is 0 Å². The Labute approximate surface area is 124 Å². The van der Waals surface area contributed by atoms with Crippen LogP contribution in [0.1, 0.15) is 43.2 Å². The summed E-state index contributed by atoms with van der Waals surface area (Å²) in [6.45, 7) is 4.23. The average molecular weight is 321 g/mol. The monoisotopic (exact) mass is 320 g/mol. The van der Waals surface area contributed by atoms with Crippen molar-refractivity contribution < 1.29 is 0 Å². The lowest BCUT2D eigenvalue weighted by Crippen LogP contribution is -2.27. The van der Waals surface area contributed by atoms with Crippen molar-refractivity contribution in [3.05, 3.63) is 27.7 Å². The van der Waals surface area contributed by atoms with E-state index in [1.807, 2.05) is 0 Å². The molecule has 0 saturated heterocycles. The molecule has 1 fully saturated rings. The average Bonchev–Trinajstić information content (AvgIpc) is 2.58. The number of hydrogen-bond donors (Lipinski definition) is 1. The number of hydrogen-bond acceptors (Lipinski definition) is 2. The van der Waals surface area contributed by atoms with E-state index in [4.69, 9.17) is 0 Å². The quantitative estimate of drug-likeness (QED) is 0.782. The summed E-state index contributed by atoms with van der Waals surface area (Å²) in [5, 5.41) is 13.0. The molecule has 0 aromatic heterocycles. The van der Waals surface area contributed by atoms with Crippen molar-refractivity contribution in [3.8, 4) is 6.07 Å². The molecule has 2 unspecified atom stereocenters. The van der Waals surface area contributed by atoms with Gasteiger partial charge in [0, 0.05) is 10.5 Å². The van der Waals surface area contributed by atoms with Gasteiger partial charge in [-0.3, -0.25) is 0 Å². The predicted molar refractivity (Wildman–Crippen MR) is 83.2 cm³/mol. The normalized spacial score (nSPS) is 23.5. The van der Waals surface area contributed by atoms with Crippen LogP contribution >= 0.6 is 15.9 Å². The molecule has 0 radical (unpaired) electrons. The van der Waals surface area contributed by atoms with Gasteiger partial charge in [0.15, 0.2) is 0 Å². The summed E-state index contributed by atoms with van der Waals surface area (Å²) in [5.74, 6) is 0.134. The zero-order chi connectivity index (χ0) is 13.8. The molecule has 1 aromatic rings. The number of aryl methyl sites for hydroxylation is 2.